The number of carbonyl (C=O) groups excluding carboxylic acids is 1. The van der Waals surface area contributed by atoms with Crippen molar-refractivity contribution >= 4 is 23.7 Å². The molecule has 0 spiro atoms. The van der Waals surface area contributed by atoms with Gasteiger partial charge in [0.2, 0.25) is 0 Å². The van der Waals surface area contributed by atoms with Crippen molar-refractivity contribution < 1.29 is 9.36 Å². The Balaban J connectivity index is 1.18. The van der Waals surface area contributed by atoms with Crippen LogP contribution in [0, 0.1) is 17.8 Å². The number of carbonyl (C=O) groups is 1. The van der Waals surface area contributed by atoms with Crippen LogP contribution in [0.3, 0.4) is 0 Å². The summed E-state index contributed by atoms with van der Waals surface area (Å²) in [5, 5.41) is 3.06. The summed E-state index contributed by atoms with van der Waals surface area (Å²) < 4.78 is 2.16. The minimum atomic E-state index is -0.00797. The van der Waals surface area contributed by atoms with E-state index in [4.69, 9.17) is 0 Å². The minimum Gasteiger partial charge on any atom is -0.378 e. The summed E-state index contributed by atoms with van der Waals surface area (Å²) >= 11 is 0. The second-order valence-corrected chi connectivity index (χ2v) is 10.3. The first-order chi connectivity index (χ1) is 18.6. The van der Waals surface area contributed by atoms with Crippen molar-refractivity contribution in [2.75, 3.05) is 25.5 Å². The van der Waals surface area contributed by atoms with Crippen LogP contribution < -0.4 is 14.8 Å². The molecule has 1 aliphatic rings. The highest BCUT2D eigenvalue weighted by Crippen LogP contribution is 2.19. The summed E-state index contributed by atoms with van der Waals surface area (Å²) in [5.74, 6) is 7.20. The quantitative estimate of drug-likeness (QED) is 0.203. The van der Waals surface area contributed by atoms with Gasteiger partial charge in [0.05, 0.1) is 0 Å². The van der Waals surface area contributed by atoms with Crippen LogP contribution in [0.5, 0.6) is 0 Å². The molecule has 1 amide bonds. The Morgan fingerprint density at radius 2 is 1.66 bits per heavy atom. The molecule has 1 heterocycles. The number of pyridine rings is 1. The van der Waals surface area contributed by atoms with E-state index in [0.29, 0.717) is 12.5 Å². The van der Waals surface area contributed by atoms with Gasteiger partial charge in [-0.25, -0.2) is 4.57 Å². The third kappa shape index (κ3) is 8.63. The van der Waals surface area contributed by atoms with Crippen molar-refractivity contribution in [3.05, 3.63) is 95.3 Å². The number of hydrogen-bond donors (Lipinski definition) is 1. The van der Waals surface area contributed by atoms with Crippen LogP contribution in [-0.4, -0.2) is 26.5 Å². The van der Waals surface area contributed by atoms with Crippen LogP contribution in [-0.2, 0) is 13.0 Å². The lowest BCUT2D eigenvalue weighted by molar-refractivity contribution is -0.697. The number of aromatic nitrogens is 1. The van der Waals surface area contributed by atoms with E-state index in [2.05, 4.69) is 99.7 Å². The molecule has 1 atom stereocenters. The summed E-state index contributed by atoms with van der Waals surface area (Å²) in [7, 11) is 4.10. The first-order valence-electron chi connectivity index (χ1n) is 13.9. The Morgan fingerprint density at radius 1 is 0.947 bits per heavy atom. The number of benzene rings is 2. The van der Waals surface area contributed by atoms with Crippen LogP contribution in [0.4, 0.5) is 5.69 Å². The fourth-order valence-corrected chi connectivity index (χ4v) is 4.67. The fourth-order valence-electron chi connectivity index (χ4n) is 4.67. The van der Waals surface area contributed by atoms with Crippen molar-refractivity contribution in [1.29, 1.82) is 0 Å². The van der Waals surface area contributed by atoms with E-state index in [1.54, 1.807) is 0 Å². The number of aryl methyl sites for hydroxylation is 1. The van der Waals surface area contributed by atoms with E-state index in [1.807, 2.05) is 26.2 Å². The first-order valence-corrected chi connectivity index (χ1v) is 13.9. The van der Waals surface area contributed by atoms with E-state index in [9.17, 15) is 4.79 Å². The Bertz CT molecular complexity index is 1250. The highest BCUT2D eigenvalue weighted by Gasteiger charge is 2.10. The van der Waals surface area contributed by atoms with Crippen LogP contribution in [0.2, 0.25) is 0 Å². The van der Waals surface area contributed by atoms with Gasteiger partial charge in [0, 0.05) is 62.8 Å². The predicted molar refractivity (Wildman–Crippen MR) is 158 cm³/mol. The minimum absolute atomic E-state index is 0.00797. The third-order valence-electron chi connectivity index (χ3n) is 7.03. The second-order valence-electron chi connectivity index (χ2n) is 10.3. The highest BCUT2D eigenvalue weighted by molar-refractivity contribution is 5.94. The molecular weight excluding hydrogens is 466 g/mol. The van der Waals surface area contributed by atoms with Gasteiger partial charge in [-0.15, -0.1) is 5.92 Å². The zero-order chi connectivity index (χ0) is 26.6. The molecule has 0 aliphatic heterocycles. The number of amides is 1. The van der Waals surface area contributed by atoms with E-state index < -0.39 is 0 Å². The maximum atomic E-state index is 12.6. The Hall–Kier alpha value is -3.84. The summed E-state index contributed by atoms with van der Waals surface area (Å²) in [6.45, 7) is 1.51. The molecule has 3 aromatic rings. The average Bonchev–Trinajstić information content (AvgIpc) is 2.92. The van der Waals surface area contributed by atoms with Gasteiger partial charge in [-0.1, -0.05) is 55.2 Å². The Labute approximate surface area is 228 Å². The van der Waals surface area contributed by atoms with Crippen LogP contribution in [0.25, 0.3) is 12.2 Å². The summed E-state index contributed by atoms with van der Waals surface area (Å²) in [6.07, 6.45) is 16.3. The molecule has 4 nitrogen and oxygen atoms in total. The van der Waals surface area contributed by atoms with Gasteiger partial charge >= 0.3 is 0 Å². The van der Waals surface area contributed by atoms with Crippen molar-refractivity contribution in [2.24, 2.45) is 5.92 Å². The summed E-state index contributed by atoms with van der Waals surface area (Å²) in [6, 6.07) is 20.8. The van der Waals surface area contributed by atoms with Crippen molar-refractivity contribution in [2.45, 2.75) is 51.5 Å². The molecule has 1 aromatic heterocycles. The van der Waals surface area contributed by atoms with Crippen LogP contribution >= 0.6 is 0 Å². The van der Waals surface area contributed by atoms with E-state index in [1.165, 1.54) is 42.5 Å². The number of rotatable bonds is 10. The maximum absolute atomic E-state index is 12.6. The smallest absolute Gasteiger partial charge is 0.251 e. The van der Waals surface area contributed by atoms with Gasteiger partial charge in [-0.3, -0.25) is 4.79 Å². The highest BCUT2D eigenvalue weighted by atomic mass is 16.1. The molecule has 4 heteroatoms. The molecule has 0 radical (unpaired) electrons. The first kappa shape index (κ1) is 27.2. The summed E-state index contributed by atoms with van der Waals surface area (Å²) in [4.78, 5) is 14.7. The topological polar surface area (TPSA) is 36.2 Å². The van der Waals surface area contributed by atoms with E-state index in [0.717, 1.165) is 36.9 Å². The molecule has 0 fully saturated rings. The molecule has 0 saturated heterocycles. The monoisotopic (exact) mass is 506 g/mol. The predicted octanol–water partition coefficient (Wildman–Crippen LogP) is 6.16. The lowest BCUT2D eigenvalue weighted by atomic mass is 9.92. The molecule has 0 unspecified atom stereocenters. The van der Waals surface area contributed by atoms with Gasteiger partial charge in [0.15, 0.2) is 12.4 Å². The number of nitrogens with zero attached hydrogens (tertiary/aromatic N) is 2. The van der Waals surface area contributed by atoms with Crippen LogP contribution in [0.15, 0.2) is 73.1 Å². The Kier molecular flexibility index (Phi) is 10.2. The third-order valence-corrected chi connectivity index (χ3v) is 7.03. The number of anilines is 1. The van der Waals surface area contributed by atoms with Gasteiger partial charge in [0.25, 0.3) is 5.91 Å². The molecule has 0 bridgehead atoms. The molecule has 2 aromatic carbocycles. The van der Waals surface area contributed by atoms with Gasteiger partial charge < -0.3 is 10.2 Å². The summed E-state index contributed by atoms with van der Waals surface area (Å²) in [5.41, 5.74) is 5.53. The SMILES string of the molecule is CN(C)c1ccc(C=Cc2cc[n+](CCCNC(=O)c3ccc(C[C@H]4C#CCCCCC4)cc3)cc2)cc1. The number of nitrogens with one attached hydrogen (secondary N) is 1. The molecule has 1 N–H and O–H groups in total. The molecule has 4 rings (SSSR count). The van der Waals surface area contributed by atoms with Gasteiger partial charge in [0.1, 0.15) is 6.54 Å². The second kappa shape index (κ2) is 14.2. The number of hydrogen-bond acceptors (Lipinski definition) is 2. The average molecular weight is 507 g/mol. The Morgan fingerprint density at radius 3 is 2.37 bits per heavy atom. The zero-order valence-corrected chi connectivity index (χ0v) is 22.8. The van der Waals surface area contributed by atoms with E-state index in [-0.39, 0.29) is 5.91 Å². The molecule has 196 valence electrons. The van der Waals surface area contributed by atoms with Crippen molar-refractivity contribution in [3.63, 3.8) is 0 Å². The zero-order valence-electron chi connectivity index (χ0n) is 22.8. The van der Waals surface area contributed by atoms with Crippen molar-refractivity contribution in [3.8, 4) is 11.8 Å². The molecule has 38 heavy (non-hydrogen) atoms. The van der Waals surface area contributed by atoms with E-state index >= 15 is 0 Å². The molecule has 1 aliphatic carbocycles. The lowest BCUT2D eigenvalue weighted by Crippen LogP contribution is -2.35. The fraction of sp³-hybridized carbons (Fsp3) is 0.353. The van der Waals surface area contributed by atoms with Crippen molar-refractivity contribution in [1.82, 2.24) is 5.32 Å². The van der Waals surface area contributed by atoms with Gasteiger partial charge in [-0.05, 0) is 60.2 Å². The molecule has 0 saturated carbocycles. The molecular formula is C34H40N3O+. The van der Waals surface area contributed by atoms with Crippen LogP contribution in [0.1, 0.15) is 65.6 Å². The van der Waals surface area contributed by atoms with Gasteiger partial charge in [-0.2, -0.15) is 0 Å². The largest absolute Gasteiger partial charge is 0.378 e. The lowest BCUT2D eigenvalue weighted by Gasteiger charge is -2.13. The maximum Gasteiger partial charge on any atom is 0.251 e. The standard InChI is InChI=1S/C34H39N3O/c1-36(2)33-19-15-28(16-20-33)11-12-29-21-25-37(26-22-29)24-8-23-35-34(38)32-17-13-31(14-18-32)27-30-9-6-4-3-5-7-10-30/h11-22,25-26,30H,3-6,8-9,23-24,27H2,1-2H3/p+1/t30-/m1/s1. The normalized spacial score (nSPS) is 15.3.